The van der Waals surface area contributed by atoms with E-state index in [0.717, 1.165) is 0 Å². The number of piperidine rings is 1. The van der Waals surface area contributed by atoms with Gasteiger partial charge in [-0.15, -0.1) is 0 Å². The van der Waals surface area contributed by atoms with E-state index in [9.17, 15) is 18.4 Å². The summed E-state index contributed by atoms with van der Waals surface area (Å²) in [6, 6.07) is 5.82. The van der Waals surface area contributed by atoms with Crippen molar-refractivity contribution in [3.63, 3.8) is 0 Å². The highest BCUT2D eigenvalue weighted by molar-refractivity contribution is 5.97. The average Bonchev–Trinajstić information content (AvgIpc) is 2.54. The SMILES string of the molecule is CC(C)C(=O)N1CCC(NC(=O)c2ccccc2OC(F)F)CC1. The van der Waals surface area contributed by atoms with Crippen LogP contribution in [0.4, 0.5) is 8.78 Å². The van der Waals surface area contributed by atoms with Gasteiger partial charge in [-0.3, -0.25) is 9.59 Å². The molecule has 1 aliphatic rings. The first-order valence-corrected chi connectivity index (χ1v) is 8.02. The summed E-state index contributed by atoms with van der Waals surface area (Å²) in [5.41, 5.74) is 0.0819. The molecule has 1 aromatic carbocycles. The zero-order valence-electron chi connectivity index (χ0n) is 13.8. The standard InChI is InChI=1S/C17H22F2N2O3/c1-11(2)16(23)21-9-7-12(8-10-21)20-15(22)13-5-3-4-6-14(13)24-17(18)19/h3-6,11-12,17H,7-10H2,1-2H3,(H,20,22). The van der Waals surface area contributed by atoms with Crippen molar-refractivity contribution in [3.05, 3.63) is 29.8 Å². The molecule has 1 saturated heterocycles. The number of ether oxygens (including phenoxy) is 1. The molecule has 5 nitrogen and oxygen atoms in total. The highest BCUT2D eigenvalue weighted by Crippen LogP contribution is 2.21. The number of nitrogens with one attached hydrogen (secondary N) is 1. The van der Waals surface area contributed by atoms with Crippen molar-refractivity contribution >= 4 is 11.8 Å². The highest BCUT2D eigenvalue weighted by atomic mass is 19.3. The molecule has 0 aromatic heterocycles. The van der Waals surface area contributed by atoms with E-state index in [1.165, 1.54) is 18.2 Å². The number of hydrogen-bond acceptors (Lipinski definition) is 3. The van der Waals surface area contributed by atoms with Crippen LogP contribution in [0.2, 0.25) is 0 Å². The van der Waals surface area contributed by atoms with E-state index in [4.69, 9.17) is 0 Å². The molecular formula is C17H22F2N2O3. The quantitative estimate of drug-likeness (QED) is 0.896. The highest BCUT2D eigenvalue weighted by Gasteiger charge is 2.26. The van der Waals surface area contributed by atoms with Crippen LogP contribution in [0.1, 0.15) is 37.0 Å². The molecule has 2 amide bonds. The summed E-state index contributed by atoms with van der Waals surface area (Å²) in [6.07, 6.45) is 1.28. The van der Waals surface area contributed by atoms with Crippen LogP contribution in [0.3, 0.4) is 0 Å². The van der Waals surface area contributed by atoms with Gasteiger partial charge in [0.05, 0.1) is 5.56 Å². The van der Waals surface area contributed by atoms with Crippen molar-refractivity contribution in [2.24, 2.45) is 5.92 Å². The van der Waals surface area contributed by atoms with Gasteiger partial charge in [-0.05, 0) is 25.0 Å². The Hall–Kier alpha value is -2.18. The molecule has 0 unspecified atom stereocenters. The molecule has 1 fully saturated rings. The van der Waals surface area contributed by atoms with Crippen molar-refractivity contribution in [2.75, 3.05) is 13.1 Å². The Bertz CT molecular complexity index is 585. The molecule has 0 spiro atoms. The molecule has 0 radical (unpaired) electrons. The lowest BCUT2D eigenvalue weighted by molar-refractivity contribution is -0.135. The molecule has 1 aromatic rings. The smallest absolute Gasteiger partial charge is 0.387 e. The van der Waals surface area contributed by atoms with Gasteiger partial charge in [0.25, 0.3) is 5.91 Å². The molecule has 132 valence electrons. The second-order valence-electron chi connectivity index (χ2n) is 6.10. The molecule has 1 aliphatic heterocycles. The van der Waals surface area contributed by atoms with Gasteiger partial charge in [0.2, 0.25) is 5.91 Å². The second kappa shape index (κ2) is 8.08. The number of carbonyl (C=O) groups excluding carboxylic acids is 2. The Morgan fingerprint density at radius 3 is 2.42 bits per heavy atom. The predicted octanol–water partition coefficient (Wildman–Crippen LogP) is 2.66. The minimum absolute atomic E-state index is 0.0467. The van der Waals surface area contributed by atoms with Crippen LogP contribution >= 0.6 is 0 Å². The van der Waals surface area contributed by atoms with Crippen molar-refractivity contribution in [1.29, 1.82) is 0 Å². The molecule has 0 atom stereocenters. The van der Waals surface area contributed by atoms with E-state index >= 15 is 0 Å². The van der Waals surface area contributed by atoms with Gasteiger partial charge in [-0.2, -0.15) is 8.78 Å². The van der Waals surface area contributed by atoms with Crippen molar-refractivity contribution < 1.29 is 23.1 Å². The predicted molar refractivity (Wildman–Crippen MR) is 85.0 cm³/mol. The maximum Gasteiger partial charge on any atom is 0.387 e. The fourth-order valence-electron chi connectivity index (χ4n) is 2.73. The minimum Gasteiger partial charge on any atom is -0.434 e. The Kier molecular flexibility index (Phi) is 6.11. The monoisotopic (exact) mass is 340 g/mol. The van der Waals surface area contributed by atoms with Gasteiger partial charge < -0.3 is 15.0 Å². The first-order valence-electron chi connectivity index (χ1n) is 8.02. The summed E-state index contributed by atoms with van der Waals surface area (Å²) in [6.45, 7) is 1.89. The number of alkyl halides is 2. The summed E-state index contributed by atoms with van der Waals surface area (Å²) >= 11 is 0. The van der Waals surface area contributed by atoms with Crippen LogP contribution < -0.4 is 10.1 Å². The van der Waals surface area contributed by atoms with E-state index in [-0.39, 0.29) is 29.2 Å². The number of rotatable bonds is 5. The minimum atomic E-state index is -2.98. The summed E-state index contributed by atoms with van der Waals surface area (Å²) in [7, 11) is 0. The van der Waals surface area contributed by atoms with Gasteiger partial charge in [0.1, 0.15) is 5.75 Å². The zero-order valence-corrected chi connectivity index (χ0v) is 13.8. The van der Waals surface area contributed by atoms with Crippen molar-refractivity contribution in [3.8, 4) is 5.75 Å². The summed E-state index contributed by atoms with van der Waals surface area (Å²) < 4.78 is 29.2. The number of likely N-dealkylation sites (tertiary alicyclic amines) is 1. The molecule has 0 aliphatic carbocycles. The maximum absolute atomic E-state index is 12.4. The van der Waals surface area contributed by atoms with E-state index in [2.05, 4.69) is 10.1 Å². The lowest BCUT2D eigenvalue weighted by Crippen LogP contribution is -2.47. The van der Waals surface area contributed by atoms with Crippen LogP contribution in [0.25, 0.3) is 0 Å². The van der Waals surface area contributed by atoms with Gasteiger partial charge in [-0.1, -0.05) is 26.0 Å². The Morgan fingerprint density at radius 1 is 1.21 bits per heavy atom. The van der Waals surface area contributed by atoms with Crippen LogP contribution in [0, 0.1) is 5.92 Å². The molecule has 0 saturated carbocycles. The van der Waals surface area contributed by atoms with Crippen LogP contribution in [-0.4, -0.2) is 42.5 Å². The maximum atomic E-state index is 12.4. The largest absolute Gasteiger partial charge is 0.434 e. The summed E-state index contributed by atoms with van der Waals surface area (Å²) in [5.74, 6) is -0.526. The normalized spacial score (nSPS) is 15.7. The number of nitrogens with zero attached hydrogens (tertiary/aromatic N) is 1. The Balaban J connectivity index is 1.94. The molecule has 2 rings (SSSR count). The Labute approximate surface area is 140 Å². The molecular weight excluding hydrogens is 318 g/mol. The third kappa shape index (κ3) is 4.66. The fraction of sp³-hybridized carbons (Fsp3) is 0.529. The number of carbonyl (C=O) groups is 2. The molecule has 7 heteroatoms. The number of para-hydroxylation sites is 1. The number of halogens is 2. The van der Waals surface area contributed by atoms with Crippen LogP contribution in [0.5, 0.6) is 5.75 Å². The van der Waals surface area contributed by atoms with E-state index in [0.29, 0.717) is 25.9 Å². The first kappa shape index (κ1) is 18.2. The second-order valence-corrected chi connectivity index (χ2v) is 6.10. The Morgan fingerprint density at radius 2 is 1.83 bits per heavy atom. The van der Waals surface area contributed by atoms with Crippen molar-refractivity contribution in [2.45, 2.75) is 39.3 Å². The van der Waals surface area contributed by atoms with E-state index < -0.39 is 12.5 Å². The molecule has 24 heavy (non-hydrogen) atoms. The molecule has 0 bridgehead atoms. The first-order chi connectivity index (χ1) is 11.4. The average molecular weight is 340 g/mol. The van der Waals surface area contributed by atoms with Gasteiger partial charge >= 0.3 is 6.61 Å². The van der Waals surface area contributed by atoms with Gasteiger partial charge in [-0.25, -0.2) is 0 Å². The fourth-order valence-corrected chi connectivity index (χ4v) is 2.73. The lowest BCUT2D eigenvalue weighted by Gasteiger charge is -2.33. The van der Waals surface area contributed by atoms with E-state index in [1.807, 2.05) is 13.8 Å². The van der Waals surface area contributed by atoms with Crippen LogP contribution in [0.15, 0.2) is 24.3 Å². The molecule has 1 N–H and O–H groups in total. The number of benzene rings is 1. The zero-order chi connectivity index (χ0) is 17.7. The number of hydrogen-bond donors (Lipinski definition) is 1. The molecule has 1 heterocycles. The van der Waals surface area contributed by atoms with Gasteiger partial charge in [0.15, 0.2) is 0 Å². The number of amides is 2. The van der Waals surface area contributed by atoms with Gasteiger partial charge in [0, 0.05) is 25.0 Å². The summed E-state index contributed by atoms with van der Waals surface area (Å²) in [5, 5.41) is 2.84. The van der Waals surface area contributed by atoms with Crippen molar-refractivity contribution in [1.82, 2.24) is 10.2 Å². The van der Waals surface area contributed by atoms with Crippen LogP contribution in [-0.2, 0) is 4.79 Å². The summed E-state index contributed by atoms with van der Waals surface area (Å²) in [4.78, 5) is 26.1. The topological polar surface area (TPSA) is 58.6 Å². The third-order valence-corrected chi connectivity index (χ3v) is 3.98. The third-order valence-electron chi connectivity index (χ3n) is 3.98. The van der Waals surface area contributed by atoms with E-state index in [1.54, 1.807) is 11.0 Å². The lowest BCUT2D eigenvalue weighted by atomic mass is 10.0.